The molecule has 1 aromatic heterocycles. The summed E-state index contributed by atoms with van der Waals surface area (Å²) in [7, 11) is 0. The van der Waals surface area contributed by atoms with Gasteiger partial charge in [-0.2, -0.15) is 5.10 Å². The zero-order valence-corrected chi connectivity index (χ0v) is 14.6. The molecule has 1 saturated carbocycles. The third-order valence-electron chi connectivity index (χ3n) is 5.48. The molecule has 2 aromatic rings. The van der Waals surface area contributed by atoms with Crippen LogP contribution in [0.15, 0.2) is 36.7 Å². The van der Waals surface area contributed by atoms with Crippen molar-refractivity contribution in [2.24, 2.45) is 5.92 Å². The molecule has 0 radical (unpaired) electrons. The molecule has 2 aliphatic rings. The van der Waals surface area contributed by atoms with Crippen molar-refractivity contribution in [3.05, 3.63) is 53.6 Å². The Morgan fingerprint density at radius 2 is 2.16 bits per heavy atom. The van der Waals surface area contributed by atoms with Crippen LogP contribution in [0.1, 0.15) is 42.7 Å². The van der Waals surface area contributed by atoms with Gasteiger partial charge in [-0.25, -0.2) is 4.39 Å². The molecule has 0 unspecified atom stereocenters. The average Bonchev–Trinajstić information content (AvgIpc) is 3.30. The molecule has 0 N–H and O–H groups in total. The van der Waals surface area contributed by atoms with Crippen LogP contribution in [-0.4, -0.2) is 33.2 Å². The molecular weight excluding hydrogens is 317 g/mol. The number of hydrogen-bond donors (Lipinski definition) is 0. The first-order valence-electron chi connectivity index (χ1n) is 9.17. The second-order valence-electron chi connectivity index (χ2n) is 7.39. The Balaban J connectivity index is 1.46. The second-order valence-corrected chi connectivity index (χ2v) is 7.39. The first kappa shape index (κ1) is 16.3. The summed E-state index contributed by atoms with van der Waals surface area (Å²) in [4.78, 5) is 15.1. The van der Waals surface area contributed by atoms with Gasteiger partial charge in [-0.15, -0.1) is 0 Å². The third-order valence-corrected chi connectivity index (χ3v) is 5.48. The van der Waals surface area contributed by atoms with Crippen LogP contribution < -0.4 is 0 Å². The Hall–Kier alpha value is -2.17. The molecule has 1 aliphatic carbocycles. The maximum absolute atomic E-state index is 14.0. The minimum atomic E-state index is -0.190. The lowest BCUT2D eigenvalue weighted by atomic mass is 10.0. The van der Waals surface area contributed by atoms with Gasteiger partial charge in [0.15, 0.2) is 0 Å². The number of benzene rings is 1. The molecule has 1 amide bonds. The van der Waals surface area contributed by atoms with E-state index in [-0.39, 0.29) is 29.6 Å². The zero-order chi connectivity index (χ0) is 17.4. The highest BCUT2D eigenvalue weighted by molar-refractivity contribution is 5.83. The van der Waals surface area contributed by atoms with Crippen molar-refractivity contribution in [2.45, 2.75) is 51.1 Å². The zero-order valence-electron chi connectivity index (χ0n) is 14.6. The molecule has 2 fully saturated rings. The van der Waals surface area contributed by atoms with E-state index >= 15 is 0 Å². The number of hydrogen-bond acceptors (Lipinski definition) is 2. The largest absolute Gasteiger partial charge is 0.338 e. The number of likely N-dealkylation sites (tertiary alicyclic amines) is 1. The van der Waals surface area contributed by atoms with Crippen LogP contribution in [0.4, 0.5) is 4.39 Å². The minimum absolute atomic E-state index is 0.0447. The van der Waals surface area contributed by atoms with E-state index in [0.717, 1.165) is 44.3 Å². The summed E-state index contributed by atoms with van der Waals surface area (Å²) in [5.74, 6) is -0.00748. The molecule has 5 heteroatoms. The van der Waals surface area contributed by atoms with Gasteiger partial charge in [-0.1, -0.05) is 18.2 Å². The molecule has 132 valence electrons. The fourth-order valence-electron chi connectivity index (χ4n) is 4.06. The van der Waals surface area contributed by atoms with Gasteiger partial charge in [0.2, 0.25) is 5.91 Å². The van der Waals surface area contributed by atoms with Crippen LogP contribution in [0.5, 0.6) is 0 Å². The fraction of sp³-hybridized carbons (Fsp3) is 0.500. The molecule has 25 heavy (non-hydrogen) atoms. The molecule has 4 nitrogen and oxygen atoms in total. The Morgan fingerprint density at radius 3 is 2.92 bits per heavy atom. The van der Waals surface area contributed by atoms with Crippen LogP contribution in [0.25, 0.3) is 0 Å². The molecule has 1 aliphatic heterocycles. The number of piperidine rings is 1. The Kier molecular flexibility index (Phi) is 4.32. The van der Waals surface area contributed by atoms with Gasteiger partial charge in [0, 0.05) is 18.7 Å². The number of halogens is 1. The van der Waals surface area contributed by atoms with Crippen LogP contribution in [0.3, 0.4) is 0 Å². The number of aromatic nitrogens is 2. The normalized spacial score (nSPS) is 25.8. The van der Waals surface area contributed by atoms with Crippen molar-refractivity contribution in [3.63, 3.8) is 0 Å². The van der Waals surface area contributed by atoms with E-state index in [2.05, 4.69) is 5.10 Å². The molecular formula is C20H24FN3O. The van der Waals surface area contributed by atoms with E-state index in [4.69, 9.17) is 0 Å². The summed E-state index contributed by atoms with van der Waals surface area (Å²) in [5, 5.41) is 4.37. The van der Waals surface area contributed by atoms with Crippen LogP contribution in [0.2, 0.25) is 0 Å². The Bertz CT molecular complexity index is 772. The highest BCUT2D eigenvalue weighted by Crippen LogP contribution is 2.49. The molecule has 4 rings (SSSR count). The highest BCUT2D eigenvalue weighted by atomic mass is 19.1. The summed E-state index contributed by atoms with van der Waals surface area (Å²) in [6.45, 7) is 3.58. The van der Waals surface area contributed by atoms with Crippen molar-refractivity contribution >= 4 is 5.91 Å². The first-order valence-corrected chi connectivity index (χ1v) is 9.17. The predicted molar refractivity (Wildman–Crippen MR) is 93.6 cm³/mol. The van der Waals surface area contributed by atoms with E-state index in [1.54, 1.807) is 6.07 Å². The summed E-state index contributed by atoms with van der Waals surface area (Å²) in [5.41, 5.74) is 1.83. The molecule has 1 aromatic carbocycles. The van der Waals surface area contributed by atoms with Crippen LogP contribution in [-0.2, 0) is 11.3 Å². The number of amides is 1. The number of carbonyl (C=O) groups is 1. The van der Waals surface area contributed by atoms with E-state index < -0.39 is 0 Å². The summed E-state index contributed by atoms with van der Waals surface area (Å²) in [6, 6.07) is 7.04. The summed E-state index contributed by atoms with van der Waals surface area (Å²) < 4.78 is 15.9. The van der Waals surface area contributed by atoms with E-state index in [0.29, 0.717) is 5.56 Å². The predicted octanol–water partition coefficient (Wildman–Crippen LogP) is 3.52. The SMILES string of the molecule is Cc1cnn(C[C@@H]2CCCCN2C(=O)[C@H]2C[C@H]2c2ccccc2F)c1. The van der Waals surface area contributed by atoms with Gasteiger partial charge < -0.3 is 4.90 Å². The van der Waals surface area contributed by atoms with E-state index in [1.165, 1.54) is 6.07 Å². The lowest BCUT2D eigenvalue weighted by molar-refractivity contribution is -0.136. The number of aryl methyl sites for hydroxylation is 1. The topological polar surface area (TPSA) is 38.1 Å². The Morgan fingerprint density at radius 1 is 1.32 bits per heavy atom. The molecule has 0 spiro atoms. The quantitative estimate of drug-likeness (QED) is 0.853. The van der Waals surface area contributed by atoms with Gasteiger partial charge in [0.05, 0.1) is 18.8 Å². The van der Waals surface area contributed by atoms with Gasteiger partial charge in [-0.05, 0) is 55.7 Å². The van der Waals surface area contributed by atoms with Crippen molar-refractivity contribution in [1.29, 1.82) is 0 Å². The number of rotatable bonds is 4. The molecule has 0 bridgehead atoms. The van der Waals surface area contributed by atoms with Gasteiger partial charge in [0.25, 0.3) is 0 Å². The monoisotopic (exact) mass is 341 g/mol. The van der Waals surface area contributed by atoms with Crippen molar-refractivity contribution in [1.82, 2.24) is 14.7 Å². The maximum Gasteiger partial charge on any atom is 0.226 e. The fourth-order valence-corrected chi connectivity index (χ4v) is 4.06. The average molecular weight is 341 g/mol. The van der Waals surface area contributed by atoms with E-state index in [9.17, 15) is 9.18 Å². The molecule has 1 saturated heterocycles. The van der Waals surface area contributed by atoms with Crippen molar-refractivity contribution < 1.29 is 9.18 Å². The highest BCUT2D eigenvalue weighted by Gasteiger charge is 2.48. The van der Waals surface area contributed by atoms with Gasteiger partial charge in [0.1, 0.15) is 5.82 Å². The Labute approximate surface area is 147 Å². The first-order chi connectivity index (χ1) is 12.1. The lowest BCUT2D eigenvalue weighted by Crippen LogP contribution is -2.46. The summed E-state index contributed by atoms with van der Waals surface area (Å²) in [6.07, 6.45) is 7.86. The lowest BCUT2D eigenvalue weighted by Gasteiger charge is -2.36. The third kappa shape index (κ3) is 3.32. The number of carbonyl (C=O) groups excluding carboxylic acids is 1. The summed E-state index contributed by atoms with van der Waals surface area (Å²) >= 11 is 0. The van der Waals surface area contributed by atoms with Gasteiger partial charge >= 0.3 is 0 Å². The van der Waals surface area contributed by atoms with Crippen molar-refractivity contribution in [3.8, 4) is 0 Å². The standard InChI is InChI=1S/C20H24FN3O/c1-14-11-22-23(12-14)13-15-6-4-5-9-24(15)20(25)18-10-17(18)16-7-2-3-8-19(16)21/h2-3,7-8,11-12,15,17-18H,4-6,9-10,13H2,1H3/t15-,17-,18-/m0/s1. The molecule has 2 heterocycles. The smallest absolute Gasteiger partial charge is 0.226 e. The molecule has 3 atom stereocenters. The van der Waals surface area contributed by atoms with E-state index in [1.807, 2.05) is 41.0 Å². The number of nitrogens with zero attached hydrogens (tertiary/aromatic N) is 3. The second kappa shape index (κ2) is 6.62. The maximum atomic E-state index is 14.0. The van der Waals surface area contributed by atoms with Crippen LogP contribution in [0, 0.1) is 18.7 Å². The van der Waals surface area contributed by atoms with Crippen LogP contribution >= 0.6 is 0 Å². The van der Waals surface area contributed by atoms with Crippen molar-refractivity contribution in [2.75, 3.05) is 6.54 Å². The minimum Gasteiger partial charge on any atom is -0.338 e. The van der Waals surface area contributed by atoms with Gasteiger partial charge in [-0.3, -0.25) is 9.48 Å².